The zero-order valence-electron chi connectivity index (χ0n) is 11.7. The molecule has 3 heteroatoms. The molecule has 1 aromatic rings. The zero-order chi connectivity index (χ0) is 14.1. The van der Waals surface area contributed by atoms with Crippen LogP contribution in [0, 0.1) is 11.8 Å². The van der Waals surface area contributed by atoms with Gasteiger partial charge < -0.3 is 10.2 Å². The Balaban J connectivity index is 0.000000631. The summed E-state index contributed by atoms with van der Waals surface area (Å²) in [5.74, 6) is 1.51. The average Bonchev–Trinajstić information content (AvgIpc) is 2.18. The molecule has 0 unspecified atom stereocenters. The SMILES string of the molecule is CC(C)Cc1ccccc1CC(C)C.O=C(O)O. The summed E-state index contributed by atoms with van der Waals surface area (Å²) in [5, 5.41) is 13.9. The Morgan fingerprint density at radius 3 is 1.44 bits per heavy atom. The van der Waals surface area contributed by atoms with E-state index in [9.17, 15) is 0 Å². The number of carbonyl (C=O) groups is 1. The van der Waals surface area contributed by atoms with Gasteiger partial charge >= 0.3 is 6.16 Å². The summed E-state index contributed by atoms with van der Waals surface area (Å²) in [6.07, 6.45) is 0.589. The second-order valence-electron chi connectivity index (χ2n) is 5.25. The Morgan fingerprint density at radius 1 is 0.944 bits per heavy atom. The summed E-state index contributed by atoms with van der Waals surface area (Å²) in [7, 11) is 0. The molecule has 0 aliphatic heterocycles. The van der Waals surface area contributed by atoms with Crippen LogP contribution >= 0.6 is 0 Å². The first-order valence-electron chi connectivity index (χ1n) is 6.31. The van der Waals surface area contributed by atoms with Gasteiger partial charge in [-0.25, -0.2) is 4.79 Å². The number of hydrogen-bond donors (Lipinski definition) is 2. The highest BCUT2D eigenvalue weighted by Crippen LogP contribution is 2.17. The third-order valence-corrected chi connectivity index (χ3v) is 2.37. The van der Waals surface area contributed by atoms with E-state index in [1.807, 2.05) is 0 Å². The molecule has 0 aromatic heterocycles. The quantitative estimate of drug-likeness (QED) is 0.839. The van der Waals surface area contributed by atoms with Crippen LogP contribution in [0.3, 0.4) is 0 Å². The first-order chi connectivity index (χ1) is 8.32. The average molecular weight is 252 g/mol. The Bertz CT molecular complexity index is 324. The maximum Gasteiger partial charge on any atom is 0.503 e. The van der Waals surface area contributed by atoms with E-state index in [0.717, 1.165) is 11.8 Å². The summed E-state index contributed by atoms with van der Waals surface area (Å²) in [4.78, 5) is 8.56. The fraction of sp³-hybridized carbons (Fsp3) is 0.533. The van der Waals surface area contributed by atoms with E-state index in [2.05, 4.69) is 52.0 Å². The predicted molar refractivity (Wildman–Crippen MR) is 74.2 cm³/mol. The minimum atomic E-state index is -1.83. The van der Waals surface area contributed by atoms with Crippen molar-refractivity contribution in [1.82, 2.24) is 0 Å². The van der Waals surface area contributed by atoms with E-state index in [1.54, 1.807) is 0 Å². The van der Waals surface area contributed by atoms with Crippen LogP contribution in [0.4, 0.5) is 4.79 Å². The fourth-order valence-electron chi connectivity index (χ4n) is 1.84. The minimum Gasteiger partial charge on any atom is -0.450 e. The van der Waals surface area contributed by atoms with Crippen LogP contribution < -0.4 is 0 Å². The monoisotopic (exact) mass is 252 g/mol. The van der Waals surface area contributed by atoms with Crippen molar-refractivity contribution < 1.29 is 15.0 Å². The van der Waals surface area contributed by atoms with E-state index < -0.39 is 6.16 Å². The van der Waals surface area contributed by atoms with Crippen LogP contribution in [-0.4, -0.2) is 16.4 Å². The highest BCUT2D eigenvalue weighted by atomic mass is 16.6. The number of carboxylic acid groups (broad SMARTS) is 2. The van der Waals surface area contributed by atoms with Crippen molar-refractivity contribution in [1.29, 1.82) is 0 Å². The van der Waals surface area contributed by atoms with Gasteiger partial charge in [-0.15, -0.1) is 0 Å². The van der Waals surface area contributed by atoms with Crippen molar-refractivity contribution >= 4 is 6.16 Å². The van der Waals surface area contributed by atoms with Gasteiger partial charge in [0.05, 0.1) is 0 Å². The van der Waals surface area contributed by atoms with Gasteiger partial charge in [0.1, 0.15) is 0 Å². The molecular weight excluding hydrogens is 228 g/mol. The first kappa shape index (κ1) is 16.5. The van der Waals surface area contributed by atoms with Crippen LogP contribution in [0.2, 0.25) is 0 Å². The van der Waals surface area contributed by atoms with E-state index in [4.69, 9.17) is 15.0 Å². The maximum absolute atomic E-state index is 8.56. The van der Waals surface area contributed by atoms with Crippen LogP contribution in [0.15, 0.2) is 24.3 Å². The number of rotatable bonds is 4. The van der Waals surface area contributed by atoms with E-state index >= 15 is 0 Å². The molecule has 1 rings (SSSR count). The van der Waals surface area contributed by atoms with E-state index in [0.29, 0.717) is 0 Å². The van der Waals surface area contributed by atoms with Crippen molar-refractivity contribution in [2.75, 3.05) is 0 Å². The van der Waals surface area contributed by atoms with Crippen molar-refractivity contribution in [3.8, 4) is 0 Å². The molecule has 3 nitrogen and oxygen atoms in total. The molecule has 0 fully saturated rings. The van der Waals surface area contributed by atoms with Gasteiger partial charge in [-0.05, 0) is 35.8 Å². The van der Waals surface area contributed by atoms with Gasteiger partial charge in [-0.2, -0.15) is 0 Å². The summed E-state index contributed by atoms with van der Waals surface area (Å²) < 4.78 is 0. The summed E-state index contributed by atoms with van der Waals surface area (Å²) in [5.41, 5.74) is 3.08. The molecule has 0 atom stereocenters. The molecule has 0 saturated carbocycles. The Kier molecular flexibility index (Phi) is 7.84. The first-order valence-corrected chi connectivity index (χ1v) is 6.31. The zero-order valence-corrected chi connectivity index (χ0v) is 11.7. The second kappa shape index (κ2) is 8.56. The lowest BCUT2D eigenvalue weighted by Crippen LogP contribution is -2.02. The lowest BCUT2D eigenvalue weighted by Gasteiger charge is -2.13. The molecule has 0 aliphatic carbocycles. The Labute approximate surface area is 109 Å². The number of benzene rings is 1. The summed E-state index contributed by atoms with van der Waals surface area (Å²) in [6, 6.07) is 8.86. The van der Waals surface area contributed by atoms with Crippen molar-refractivity contribution in [3.63, 3.8) is 0 Å². The lowest BCUT2D eigenvalue weighted by atomic mass is 9.93. The highest BCUT2D eigenvalue weighted by Gasteiger charge is 2.05. The number of hydrogen-bond acceptors (Lipinski definition) is 1. The molecule has 2 N–H and O–H groups in total. The van der Waals surface area contributed by atoms with Crippen LogP contribution in [-0.2, 0) is 12.8 Å². The molecule has 18 heavy (non-hydrogen) atoms. The topological polar surface area (TPSA) is 57.5 Å². The molecule has 0 spiro atoms. The summed E-state index contributed by atoms with van der Waals surface area (Å²) >= 11 is 0. The Hall–Kier alpha value is -1.51. The molecule has 0 aliphatic rings. The third-order valence-electron chi connectivity index (χ3n) is 2.37. The van der Waals surface area contributed by atoms with Crippen molar-refractivity contribution in [3.05, 3.63) is 35.4 Å². The molecule has 0 saturated heterocycles. The lowest BCUT2D eigenvalue weighted by molar-refractivity contribution is 0.137. The summed E-state index contributed by atoms with van der Waals surface area (Å²) in [6.45, 7) is 9.14. The highest BCUT2D eigenvalue weighted by molar-refractivity contribution is 5.53. The molecule has 0 bridgehead atoms. The normalized spacial score (nSPS) is 10.1. The molecular formula is C15H24O3. The van der Waals surface area contributed by atoms with E-state index in [1.165, 1.54) is 24.0 Å². The Morgan fingerprint density at radius 2 is 1.22 bits per heavy atom. The van der Waals surface area contributed by atoms with E-state index in [-0.39, 0.29) is 0 Å². The van der Waals surface area contributed by atoms with Gasteiger partial charge in [-0.3, -0.25) is 0 Å². The maximum atomic E-state index is 8.56. The van der Waals surface area contributed by atoms with Gasteiger partial charge in [0, 0.05) is 0 Å². The van der Waals surface area contributed by atoms with Gasteiger partial charge in [-0.1, -0.05) is 52.0 Å². The van der Waals surface area contributed by atoms with Crippen LogP contribution in [0.5, 0.6) is 0 Å². The van der Waals surface area contributed by atoms with Crippen molar-refractivity contribution in [2.45, 2.75) is 40.5 Å². The van der Waals surface area contributed by atoms with Gasteiger partial charge in [0.15, 0.2) is 0 Å². The molecule has 102 valence electrons. The van der Waals surface area contributed by atoms with Crippen LogP contribution in [0.25, 0.3) is 0 Å². The van der Waals surface area contributed by atoms with Gasteiger partial charge in [0.25, 0.3) is 0 Å². The fourth-order valence-corrected chi connectivity index (χ4v) is 1.84. The smallest absolute Gasteiger partial charge is 0.450 e. The molecule has 1 aromatic carbocycles. The standard InChI is InChI=1S/C14H22.CH2O3/c1-11(2)9-13-7-5-6-8-14(13)10-12(3)4;2-1(3)4/h5-8,11-12H,9-10H2,1-4H3;(H2,2,3,4). The van der Waals surface area contributed by atoms with Gasteiger partial charge in [0.2, 0.25) is 0 Å². The minimum absolute atomic E-state index is 0.753. The molecule has 0 heterocycles. The molecule has 0 amide bonds. The largest absolute Gasteiger partial charge is 0.503 e. The predicted octanol–water partition coefficient (Wildman–Crippen LogP) is 4.31. The third kappa shape index (κ3) is 8.62. The van der Waals surface area contributed by atoms with Crippen molar-refractivity contribution in [2.24, 2.45) is 11.8 Å². The molecule has 0 radical (unpaired) electrons. The van der Waals surface area contributed by atoms with Crippen LogP contribution in [0.1, 0.15) is 38.8 Å². The second-order valence-corrected chi connectivity index (χ2v) is 5.25.